The van der Waals surface area contributed by atoms with Gasteiger partial charge in [-0.2, -0.15) is 0 Å². The molecule has 0 atom stereocenters. The minimum atomic E-state index is 1.04. The van der Waals surface area contributed by atoms with Crippen LogP contribution in [0.25, 0.3) is 21.8 Å². The molecule has 2 heterocycles. The van der Waals surface area contributed by atoms with E-state index >= 15 is 0 Å². The van der Waals surface area contributed by atoms with Gasteiger partial charge in [0.1, 0.15) is 0 Å². The number of aromatic amines is 1. The van der Waals surface area contributed by atoms with Crippen LogP contribution in [0.5, 0.6) is 0 Å². The molecule has 0 bridgehead atoms. The van der Waals surface area contributed by atoms with Gasteiger partial charge in [0.15, 0.2) is 0 Å². The van der Waals surface area contributed by atoms with E-state index < -0.39 is 0 Å². The average Bonchev–Trinajstić information content (AvgIpc) is 2.83. The highest BCUT2D eigenvalue weighted by atomic mass is 14.7. The number of fused-ring (bicyclic) bond motifs is 3. The van der Waals surface area contributed by atoms with Crippen LogP contribution in [0.15, 0.2) is 67.0 Å². The zero-order valence-corrected chi connectivity index (χ0v) is 9.30. The fraction of sp³-hybridized carbons (Fsp3) is 0. The summed E-state index contributed by atoms with van der Waals surface area (Å²) in [6.45, 7) is 0. The standard InChI is InChI=1S/C15H12N2/c1-2-4-6-13-14(16-10-5-3-1)8-7-12-9-11-17-15(12)13/h1-11,16H. The van der Waals surface area contributed by atoms with Gasteiger partial charge in [-0.1, -0.05) is 36.4 Å². The first-order valence-electron chi connectivity index (χ1n) is 5.59. The largest absolute Gasteiger partial charge is 0.361 e. The highest BCUT2D eigenvalue weighted by Crippen LogP contribution is 2.20. The average molecular weight is 220 g/mol. The number of rotatable bonds is 0. The lowest BCUT2D eigenvalue weighted by atomic mass is 10.1. The number of nitrogens with zero attached hydrogens (tertiary/aromatic N) is 1. The molecule has 2 heteroatoms. The molecule has 0 aliphatic carbocycles. The highest BCUT2D eigenvalue weighted by Gasteiger charge is 1.99. The van der Waals surface area contributed by atoms with Crippen molar-refractivity contribution in [2.75, 3.05) is 0 Å². The Balaban J connectivity index is 2.49. The highest BCUT2D eigenvalue weighted by molar-refractivity contribution is 6.03. The van der Waals surface area contributed by atoms with Crippen LogP contribution in [0, 0.1) is 0 Å². The van der Waals surface area contributed by atoms with E-state index in [0.717, 1.165) is 16.4 Å². The number of nitrogens with one attached hydrogen (secondary N) is 1. The molecule has 0 unspecified atom stereocenters. The minimum absolute atomic E-state index is 1.04. The zero-order valence-electron chi connectivity index (χ0n) is 9.30. The lowest BCUT2D eigenvalue weighted by Gasteiger charge is -1.95. The summed E-state index contributed by atoms with van der Waals surface area (Å²) in [5, 5.41) is 2.30. The van der Waals surface area contributed by atoms with Crippen LogP contribution >= 0.6 is 0 Å². The summed E-state index contributed by atoms with van der Waals surface area (Å²) < 4.78 is 0. The molecule has 1 aromatic carbocycles. The molecule has 0 saturated carbocycles. The smallest absolute Gasteiger partial charge is 0.0795 e. The molecule has 0 saturated heterocycles. The molecule has 0 aliphatic heterocycles. The molecule has 3 aromatic rings. The minimum Gasteiger partial charge on any atom is -0.361 e. The second-order valence-corrected chi connectivity index (χ2v) is 3.85. The normalized spacial score (nSPS) is 10.4. The molecule has 2 nitrogen and oxygen atoms in total. The molecule has 0 amide bonds. The van der Waals surface area contributed by atoms with E-state index in [-0.39, 0.29) is 0 Å². The fourth-order valence-electron chi connectivity index (χ4n) is 1.93. The van der Waals surface area contributed by atoms with Crippen molar-refractivity contribution in [2.45, 2.75) is 0 Å². The van der Waals surface area contributed by atoms with Crippen molar-refractivity contribution in [1.82, 2.24) is 9.97 Å². The molecule has 2 aromatic heterocycles. The number of hydrogen-bond acceptors (Lipinski definition) is 1. The summed E-state index contributed by atoms with van der Waals surface area (Å²) in [6.07, 6.45) is 3.77. The maximum absolute atomic E-state index is 4.41. The Morgan fingerprint density at radius 1 is 0.824 bits per heavy atom. The third kappa shape index (κ3) is 1.85. The monoisotopic (exact) mass is 220 g/mol. The SMILES string of the molecule is c1ccc[nH]c2ccc3ccnc3c2ccc1. The summed E-state index contributed by atoms with van der Waals surface area (Å²) >= 11 is 0. The van der Waals surface area contributed by atoms with E-state index in [1.54, 1.807) is 0 Å². The Bertz CT molecular complexity index is 712. The first-order chi connectivity index (χ1) is 8.45. The summed E-state index contributed by atoms with van der Waals surface area (Å²) in [6, 6.07) is 18.3. The Labute approximate surface area is 99.3 Å². The van der Waals surface area contributed by atoms with Crippen molar-refractivity contribution in [1.29, 1.82) is 0 Å². The fourth-order valence-corrected chi connectivity index (χ4v) is 1.93. The number of H-pyrrole nitrogens is 1. The molecule has 3 rings (SSSR count). The van der Waals surface area contributed by atoms with Crippen molar-refractivity contribution in [3.8, 4) is 0 Å². The van der Waals surface area contributed by atoms with Gasteiger partial charge in [0.2, 0.25) is 0 Å². The van der Waals surface area contributed by atoms with E-state index in [4.69, 9.17) is 0 Å². The molecule has 0 aliphatic rings. The van der Waals surface area contributed by atoms with E-state index in [2.05, 4.69) is 28.2 Å². The van der Waals surface area contributed by atoms with Crippen LogP contribution in [-0.4, -0.2) is 9.97 Å². The third-order valence-corrected chi connectivity index (χ3v) is 2.75. The van der Waals surface area contributed by atoms with Gasteiger partial charge in [-0.3, -0.25) is 4.98 Å². The van der Waals surface area contributed by atoms with Crippen LogP contribution in [0.3, 0.4) is 0 Å². The maximum Gasteiger partial charge on any atom is 0.0795 e. The van der Waals surface area contributed by atoms with Crippen molar-refractivity contribution in [3.05, 3.63) is 67.0 Å². The summed E-state index contributed by atoms with van der Waals surface area (Å²) in [5.74, 6) is 0. The van der Waals surface area contributed by atoms with Gasteiger partial charge in [0.25, 0.3) is 0 Å². The quantitative estimate of drug-likeness (QED) is 0.612. The number of hydrogen-bond donors (Lipinski definition) is 1. The number of benzene rings is 1. The van der Waals surface area contributed by atoms with Gasteiger partial charge < -0.3 is 4.98 Å². The topological polar surface area (TPSA) is 28.7 Å². The van der Waals surface area contributed by atoms with E-state index in [9.17, 15) is 0 Å². The van der Waals surface area contributed by atoms with Crippen LogP contribution in [-0.2, 0) is 0 Å². The Morgan fingerprint density at radius 2 is 1.71 bits per heavy atom. The van der Waals surface area contributed by atoms with Crippen molar-refractivity contribution in [3.63, 3.8) is 0 Å². The van der Waals surface area contributed by atoms with Crippen LogP contribution in [0.1, 0.15) is 0 Å². The molecule has 82 valence electrons. The van der Waals surface area contributed by atoms with Gasteiger partial charge in [-0.05, 0) is 18.2 Å². The van der Waals surface area contributed by atoms with Gasteiger partial charge >= 0.3 is 0 Å². The first-order valence-corrected chi connectivity index (χ1v) is 5.59. The molecule has 0 fully saturated rings. The maximum atomic E-state index is 4.41. The van der Waals surface area contributed by atoms with Crippen molar-refractivity contribution < 1.29 is 0 Å². The molecule has 0 radical (unpaired) electrons. The Kier molecular flexibility index (Phi) is 2.47. The van der Waals surface area contributed by atoms with Crippen LogP contribution in [0.4, 0.5) is 0 Å². The molecule has 17 heavy (non-hydrogen) atoms. The van der Waals surface area contributed by atoms with Gasteiger partial charge in [0, 0.05) is 28.7 Å². The van der Waals surface area contributed by atoms with Crippen molar-refractivity contribution >= 4 is 21.8 Å². The lowest BCUT2D eigenvalue weighted by molar-refractivity contribution is 1.43. The van der Waals surface area contributed by atoms with E-state index in [1.807, 2.05) is 48.8 Å². The number of aromatic nitrogens is 2. The van der Waals surface area contributed by atoms with Crippen molar-refractivity contribution in [2.24, 2.45) is 0 Å². The second-order valence-electron chi connectivity index (χ2n) is 3.85. The van der Waals surface area contributed by atoms with E-state index in [1.165, 1.54) is 5.39 Å². The summed E-state index contributed by atoms with van der Waals surface area (Å²) in [5.41, 5.74) is 2.12. The summed E-state index contributed by atoms with van der Waals surface area (Å²) in [4.78, 5) is 7.69. The molecular formula is C15H12N2. The first kappa shape index (κ1) is 9.85. The second kappa shape index (κ2) is 4.26. The van der Waals surface area contributed by atoms with E-state index in [0.29, 0.717) is 0 Å². The predicted molar refractivity (Wildman–Crippen MR) is 71.2 cm³/mol. The Hall–Kier alpha value is -2.35. The zero-order chi connectivity index (χ0) is 11.5. The van der Waals surface area contributed by atoms with Gasteiger partial charge in [-0.25, -0.2) is 0 Å². The van der Waals surface area contributed by atoms with Gasteiger partial charge in [-0.15, -0.1) is 0 Å². The predicted octanol–water partition coefficient (Wildman–Crippen LogP) is 3.84. The third-order valence-electron chi connectivity index (χ3n) is 2.75. The van der Waals surface area contributed by atoms with Crippen LogP contribution in [0.2, 0.25) is 0 Å². The summed E-state index contributed by atoms with van der Waals surface area (Å²) in [7, 11) is 0. The van der Waals surface area contributed by atoms with Gasteiger partial charge in [0.05, 0.1) is 5.52 Å². The molecule has 0 spiro atoms. The lowest BCUT2D eigenvalue weighted by Crippen LogP contribution is -1.75. The Morgan fingerprint density at radius 3 is 2.71 bits per heavy atom. The van der Waals surface area contributed by atoms with Crippen LogP contribution < -0.4 is 0 Å². The molecular weight excluding hydrogens is 208 g/mol. The molecule has 1 N–H and O–H groups in total.